The van der Waals surface area contributed by atoms with Gasteiger partial charge in [-0.15, -0.1) is 11.3 Å². The number of carbonyl (C=O) groups is 1. The van der Waals surface area contributed by atoms with Gasteiger partial charge in [-0.05, 0) is 24.1 Å². The van der Waals surface area contributed by atoms with Crippen molar-refractivity contribution in [1.29, 1.82) is 5.26 Å². The highest BCUT2D eigenvalue weighted by molar-refractivity contribution is 7.16. The number of thiazole rings is 1. The first kappa shape index (κ1) is 14.9. The predicted molar refractivity (Wildman–Crippen MR) is 89.4 cm³/mol. The van der Waals surface area contributed by atoms with Crippen LogP contribution in [0.3, 0.4) is 0 Å². The molecule has 0 unspecified atom stereocenters. The second kappa shape index (κ2) is 6.03. The molecule has 0 aliphatic carbocycles. The Morgan fingerprint density at radius 2 is 2.04 bits per heavy atom. The quantitative estimate of drug-likeness (QED) is 0.778. The zero-order valence-electron chi connectivity index (χ0n) is 12.3. The lowest BCUT2D eigenvalue weighted by Gasteiger charge is -2.07. The number of aromatic nitrogens is 1. The highest BCUT2D eigenvalue weighted by atomic mass is 32.1. The summed E-state index contributed by atoms with van der Waals surface area (Å²) in [5.74, 6) is -0.995. The number of nitrogens with zero attached hydrogens (tertiary/aromatic N) is 2. The van der Waals surface area contributed by atoms with Gasteiger partial charge in [0.05, 0.1) is 17.8 Å². The summed E-state index contributed by atoms with van der Waals surface area (Å²) in [6.07, 6.45) is 1.34. The van der Waals surface area contributed by atoms with E-state index in [1.807, 2.05) is 43.3 Å². The van der Waals surface area contributed by atoms with Crippen LogP contribution in [0.5, 0.6) is 0 Å². The lowest BCUT2D eigenvalue weighted by Crippen LogP contribution is -1.89. The first-order valence-electron chi connectivity index (χ1n) is 6.89. The van der Waals surface area contributed by atoms with Gasteiger partial charge in [0.1, 0.15) is 9.88 Å². The molecule has 4 nitrogen and oxygen atoms in total. The number of benzene rings is 2. The molecule has 0 radical (unpaired) electrons. The third-order valence-electron chi connectivity index (χ3n) is 3.43. The molecule has 0 saturated heterocycles. The minimum Gasteiger partial charge on any atom is -0.477 e. The maximum absolute atomic E-state index is 11.0. The summed E-state index contributed by atoms with van der Waals surface area (Å²) >= 11 is 1.10. The number of aryl methyl sites for hydroxylation is 1. The number of nitriles is 1. The van der Waals surface area contributed by atoms with Crippen molar-refractivity contribution in [1.82, 2.24) is 4.98 Å². The molecule has 0 atom stereocenters. The summed E-state index contributed by atoms with van der Waals surface area (Å²) in [4.78, 5) is 15.3. The normalized spacial score (nSPS) is 10.3. The Morgan fingerprint density at radius 1 is 1.22 bits per heavy atom. The van der Waals surface area contributed by atoms with E-state index in [9.17, 15) is 10.1 Å². The second-order valence-electron chi connectivity index (χ2n) is 5.08. The van der Waals surface area contributed by atoms with Crippen molar-refractivity contribution in [2.24, 2.45) is 0 Å². The summed E-state index contributed by atoms with van der Waals surface area (Å²) in [7, 11) is 0. The maximum atomic E-state index is 11.0. The smallest absolute Gasteiger partial charge is 0.347 e. The van der Waals surface area contributed by atoms with Crippen LogP contribution in [-0.4, -0.2) is 16.1 Å². The van der Waals surface area contributed by atoms with Gasteiger partial charge in [0, 0.05) is 5.56 Å². The van der Waals surface area contributed by atoms with Gasteiger partial charge in [-0.3, -0.25) is 0 Å². The molecule has 2 aromatic carbocycles. The van der Waals surface area contributed by atoms with Crippen molar-refractivity contribution >= 4 is 17.3 Å². The van der Waals surface area contributed by atoms with Gasteiger partial charge in [-0.25, -0.2) is 9.78 Å². The fourth-order valence-electron chi connectivity index (χ4n) is 2.34. The highest BCUT2D eigenvalue weighted by Crippen LogP contribution is 2.31. The van der Waals surface area contributed by atoms with E-state index in [-0.39, 0.29) is 4.88 Å². The Hall–Kier alpha value is -2.97. The molecule has 23 heavy (non-hydrogen) atoms. The highest BCUT2D eigenvalue weighted by Gasteiger charge is 2.12. The van der Waals surface area contributed by atoms with E-state index in [0.717, 1.165) is 33.6 Å². The van der Waals surface area contributed by atoms with Crippen LogP contribution < -0.4 is 0 Å². The molecule has 0 bridgehead atoms. The number of aromatic carboxylic acids is 1. The maximum Gasteiger partial charge on any atom is 0.347 e. The van der Waals surface area contributed by atoms with Gasteiger partial charge in [-0.2, -0.15) is 5.26 Å². The van der Waals surface area contributed by atoms with Crippen LogP contribution in [0.1, 0.15) is 20.8 Å². The van der Waals surface area contributed by atoms with Crippen LogP contribution >= 0.6 is 11.3 Å². The number of carboxylic acid groups (broad SMARTS) is 1. The minimum atomic E-state index is -0.995. The number of rotatable bonds is 3. The monoisotopic (exact) mass is 320 g/mol. The van der Waals surface area contributed by atoms with E-state index in [2.05, 4.69) is 11.1 Å². The molecule has 0 amide bonds. The fraction of sp³-hybridized carbons (Fsp3) is 0.0556. The Balaban J connectivity index is 2.06. The van der Waals surface area contributed by atoms with E-state index < -0.39 is 5.97 Å². The Morgan fingerprint density at radius 3 is 2.70 bits per heavy atom. The number of hydrogen-bond donors (Lipinski definition) is 1. The van der Waals surface area contributed by atoms with Crippen LogP contribution in [0.4, 0.5) is 0 Å². The van der Waals surface area contributed by atoms with E-state index >= 15 is 0 Å². The van der Waals surface area contributed by atoms with E-state index in [0.29, 0.717) is 10.6 Å². The SMILES string of the molecule is Cc1cccc(-c2ccc(-c3ncc(C(=O)O)s3)cc2C#N)c1. The van der Waals surface area contributed by atoms with Gasteiger partial charge in [-0.1, -0.05) is 42.0 Å². The molecule has 5 heteroatoms. The topological polar surface area (TPSA) is 74.0 Å². The van der Waals surface area contributed by atoms with E-state index in [1.54, 1.807) is 6.07 Å². The molecule has 3 rings (SSSR count). The van der Waals surface area contributed by atoms with Gasteiger partial charge >= 0.3 is 5.97 Å². The third kappa shape index (κ3) is 2.98. The van der Waals surface area contributed by atoms with Crippen molar-refractivity contribution in [3.8, 4) is 27.8 Å². The van der Waals surface area contributed by atoms with Crippen molar-refractivity contribution in [2.75, 3.05) is 0 Å². The zero-order chi connectivity index (χ0) is 16.4. The fourth-order valence-corrected chi connectivity index (χ4v) is 3.09. The lowest BCUT2D eigenvalue weighted by atomic mass is 9.97. The summed E-state index contributed by atoms with van der Waals surface area (Å²) in [5, 5.41) is 19.0. The van der Waals surface area contributed by atoms with Crippen LogP contribution in [0, 0.1) is 18.3 Å². The molecule has 0 aliphatic rings. The molecule has 3 aromatic rings. The van der Waals surface area contributed by atoms with Crippen LogP contribution in [-0.2, 0) is 0 Å². The lowest BCUT2D eigenvalue weighted by molar-refractivity contribution is 0.0702. The molecule has 112 valence electrons. The van der Waals surface area contributed by atoms with E-state index in [4.69, 9.17) is 5.11 Å². The molecule has 0 saturated carbocycles. The molecule has 1 heterocycles. The van der Waals surface area contributed by atoms with Crippen molar-refractivity contribution in [2.45, 2.75) is 6.92 Å². The summed E-state index contributed by atoms with van der Waals surface area (Å²) in [6.45, 7) is 2.01. The molecular formula is C18H12N2O2S. The van der Waals surface area contributed by atoms with E-state index in [1.165, 1.54) is 6.20 Å². The van der Waals surface area contributed by atoms with Crippen LogP contribution in [0.25, 0.3) is 21.7 Å². The third-order valence-corrected chi connectivity index (χ3v) is 4.47. The van der Waals surface area contributed by atoms with Crippen molar-refractivity contribution in [3.05, 3.63) is 64.7 Å². The average Bonchev–Trinajstić information content (AvgIpc) is 3.04. The molecular weight excluding hydrogens is 308 g/mol. The summed E-state index contributed by atoms with van der Waals surface area (Å²) < 4.78 is 0. The first-order valence-corrected chi connectivity index (χ1v) is 7.71. The van der Waals surface area contributed by atoms with Crippen LogP contribution in [0.2, 0.25) is 0 Å². The average molecular weight is 320 g/mol. The number of hydrogen-bond acceptors (Lipinski definition) is 4. The Bertz CT molecular complexity index is 938. The molecule has 1 aromatic heterocycles. The van der Waals surface area contributed by atoms with Gasteiger partial charge in [0.15, 0.2) is 0 Å². The molecule has 0 spiro atoms. The second-order valence-corrected chi connectivity index (χ2v) is 6.11. The molecule has 0 fully saturated rings. The molecule has 0 aliphatic heterocycles. The van der Waals surface area contributed by atoms with Gasteiger partial charge < -0.3 is 5.11 Å². The summed E-state index contributed by atoms with van der Waals surface area (Å²) in [5.41, 5.74) is 4.26. The van der Waals surface area contributed by atoms with Crippen LogP contribution in [0.15, 0.2) is 48.7 Å². The molecule has 1 N–H and O–H groups in total. The van der Waals surface area contributed by atoms with Crippen molar-refractivity contribution in [3.63, 3.8) is 0 Å². The standard InChI is InChI=1S/C18H12N2O2S/c1-11-3-2-4-12(7-11)15-6-5-13(8-14(15)9-19)17-20-10-16(23-17)18(21)22/h2-8,10H,1H3,(H,21,22). The number of carboxylic acids is 1. The van der Waals surface area contributed by atoms with Crippen molar-refractivity contribution < 1.29 is 9.90 Å². The Kier molecular flexibility index (Phi) is 3.92. The zero-order valence-corrected chi connectivity index (χ0v) is 13.1. The summed E-state index contributed by atoms with van der Waals surface area (Å²) in [6, 6.07) is 15.7. The van der Waals surface area contributed by atoms with Gasteiger partial charge in [0.25, 0.3) is 0 Å². The first-order chi connectivity index (χ1) is 11.1. The Labute approximate surface area is 137 Å². The largest absolute Gasteiger partial charge is 0.477 e. The minimum absolute atomic E-state index is 0.182. The van der Waals surface area contributed by atoms with Gasteiger partial charge in [0.2, 0.25) is 0 Å². The predicted octanol–water partition coefficient (Wildman–Crippen LogP) is 4.36.